The normalized spacial score (nSPS) is 22.1. The molecule has 0 saturated carbocycles. The average Bonchev–Trinajstić information content (AvgIpc) is 2.82. The summed E-state index contributed by atoms with van der Waals surface area (Å²) in [5.41, 5.74) is 0.964. The smallest absolute Gasteiger partial charge is 0.351 e. The van der Waals surface area contributed by atoms with Crippen molar-refractivity contribution in [3.63, 3.8) is 0 Å². The van der Waals surface area contributed by atoms with Gasteiger partial charge in [-0.2, -0.15) is 0 Å². The minimum atomic E-state index is -1.29. The topological polar surface area (TPSA) is 71.8 Å². The number of rotatable bonds is 2. The van der Waals surface area contributed by atoms with Crippen LogP contribution in [0.15, 0.2) is 41.7 Å². The summed E-state index contributed by atoms with van der Waals surface area (Å²) in [5, 5.41) is 14.1. The van der Waals surface area contributed by atoms with Crippen LogP contribution in [0.2, 0.25) is 0 Å². The standard InChI is InChI=1S/C14H12N2O3/c1-14(13(17)18)8-11(16-19-14)10-6-2-4-9-5-3-7-15-12(9)10/h2-7H,8H2,1H3,(H,17,18). The number of aliphatic carboxylic acids is 1. The third kappa shape index (κ3) is 1.83. The third-order valence-corrected chi connectivity index (χ3v) is 3.26. The first-order chi connectivity index (χ1) is 9.10. The van der Waals surface area contributed by atoms with Gasteiger partial charge in [-0.1, -0.05) is 29.4 Å². The maximum Gasteiger partial charge on any atom is 0.351 e. The Bertz CT molecular complexity index is 691. The number of hydrogen-bond donors (Lipinski definition) is 1. The molecule has 0 aliphatic carbocycles. The summed E-state index contributed by atoms with van der Waals surface area (Å²) in [6.07, 6.45) is 1.94. The summed E-state index contributed by atoms with van der Waals surface area (Å²) >= 11 is 0. The highest BCUT2D eigenvalue weighted by atomic mass is 16.7. The number of nitrogens with zero attached hydrogens (tertiary/aromatic N) is 2. The lowest BCUT2D eigenvalue weighted by Gasteiger charge is -2.14. The summed E-state index contributed by atoms with van der Waals surface area (Å²) in [6, 6.07) is 9.56. The molecule has 2 aromatic rings. The minimum absolute atomic E-state index is 0.234. The van der Waals surface area contributed by atoms with Crippen LogP contribution in [0.4, 0.5) is 0 Å². The number of fused-ring (bicyclic) bond motifs is 1. The molecule has 3 rings (SSSR count). The van der Waals surface area contributed by atoms with E-state index < -0.39 is 11.6 Å². The third-order valence-electron chi connectivity index (χ3n) is 3.26. The molecule has 19 heavy (non-hydrogen) atoms. The molecule has 5 nitrogen and oxygen atoms in total. The average molecular weight is 256 g/mol. The van der Waals surface area contributed by atoms with Crippen LogP contribution < -0.4 is 0 Å². The van der Waals surface area contributed by atoms with E-state index in [0.29, 0.717) is 5.71 Å². The van der Waals surface area contributed by atoms with E-state index in [9.17, 15) is 4.79 Å². The number of carbonyl (C=O) groups is 1. The molecule has 0 saturated heterocycles. The Labute approximate surface area is 109 Å². The van der Waals surface area contributed by atoms with Gasteiger partial charge in [0.1, 0.15) is 0 Å². The van der Waals surface area contributed by atoms with Gasteiger partial charge < -0.3 is 9.94 Å². The Morgan fingerprint density at radius 3 is 2.89 bits per heavy atom. The van der Waals surface area contributed by atoms with E-state index in [0.717, 1.165) is 16.5 Å². The highest BCUT2D eigenvalue weighted by Crippen LogP contribution is 2.29. The Morgan fingerprint density at radius 2 is 2.16 bits per heavy atom. The van der Waals surface area contributed by atoms with Crippen molar-refractivity contribution in [2.75, 3.05) is 0 Å². The quantitative estimate of drug-likeness (QED) is 0.894. The number of oxime groups is 1. The van der Waals surface area contributed by atoms with Gasteiger partial charge in [-0.05, 0) is 13.0 Å². The fraction of sp³-hybridized carbons (Fsp3) is 0.214. The number of carboxylic acid groups (broad SMARTS) is 1. The second-order valence-electron chi connectivity index (χ2n) is 4.72. The van der Waals surface area contributed by atoms with Gasteiger partial charge in [0.25, 0.3) is 0 Å². The van der Waals surface area contributed by atoms with E-state index in [4.69, 9.17) is 9.94 Å². The molecule has 1 aromatic carbocycles. The van der Waals surface area contributed by atoms with Gasteiger partial charge in [-0.3, -0.25) is 4.98 Å². The predicted octanol–water partition coefficient (Wildman–Crippen LogP) is 2.20. The van der Waals surface area contributed by atoms with Crippen molar-refractivity contribution in [1.82, 2.24) is 4.98 Å². The molecule has 1 N–H and O–H groups in total. The number of hydrogen-bond acceptors (Lipinski definition) is 4. The van der Waals surface area contributed by atoms with Gasteiger partial charge >= 0.3 is 5.97 Å². The predicted molar refractivity (Wildman–Crippen MR) is 70.0 cm³/mol. The van der Waals surface area contributed by atoms with Crippen molar-refractivity contribution in [3.8, 4) is 0 Å². The maximum atomic E-state index is 11.1. The van der Waals surface area contributed by atoms with Crippen molar-refractivity contribution in [2.24, 2.45) is 5.16 Å². The van der Waals surface area contributed by atoms with Crippen LogP contribution in [-0.2, 0) is 9.63 Å². The van der Waals surface area contributed by atoms with Crippen molar-refractivity contribution in [3.05, 3.63) is 42.1 Å². The lowest BCUT2D eigenvalue weighted by atomic mass is 9.95. The molecule has 1 unspecified atom stereocenters. The molecule has 96 valence electrons. The summed E-state index contributed by atoms with van der Waals surface area (Å²) < 4.78 is 0. The van der Waals surface area contributed by atoms with E-state index >= 15 is 0 Å². The van der Waals surface area contributed by atoms with Gasteiger partial charge in [0.15, 0.2) is 0 Å². The highest BCUT2D eigenvalue weighted by molar-refractivity contribution is 6.11. The SMILES string of the molecule is CC1(C(=O)O)CC(c2cccc3cccnc23)=NO1. The summed E-state index contributed by atoms with van der Waals surface area (Å²) in [7, 11) is 0. The van der Waals surface area contributed by atoms with Crippen molar-refractivity contribution in [1.29, 1.82) is 0 Å². The van der Waals surface area contributed by atoms with Gasteiger partial charge in [0.05, 0.1) is 11.2 Å². The molecule has 0 fully saturated rings. The van der Waals surface area contributed by atoms with Gasteiger partial charge in [0.2, 0.25) is 5.60 Å². The molecule has 0 bridgehead atoms. The molecule has 0 amide bonds. The Kier molecular flexibility index (Phi) is 2.48. The van der Waals surface area contributed by atoms with E-state index in [1.165, 1.54) is 6.92 Å². The van der Waals surface area contributed by atoms with Gasteiger partial charge in [-0.25, -0.2) is 4.79 Å². The van der Waals surface area contributed by atoms with Crippen LogP contribution in [0.5, 0.6) is 0 Å². The zero-order valence-electron chi connectivity index (χ0n) is 10.3. The van der Waals surface area contributed by atoms with Crippen molar-refractivity contribution in [2.45, 2.75) is 18.9 Å². The van der Waals surface area contributed by atoms with Crippen LogP contribution in [0.25, 0.3) is 10.9 Å². The minimum Gasteiger partial charge on any atom is -0.478 e. The van der Waals surface area contributed by atoms with E-state index in [2.05, 4.69) is 10.1 Å². The molecule has 1 aliphatic heterocycles. The summed E-state index contributed by atoms with van der Waals surface area (Å²) in [5.74, 6) is -1.01. The van der Waals surface area contributed by atoms with Crippen LogP contribution in [0.1, 0.15) is 18.9 Å². The Balaban J connectivity index is 2.05. The molecular formula is C14H12N2O3. The summed E-state index contributed by atoms with van der Waals surface area (Å²) in [4.78, 5) is 20.6. The zero-order valence-corrected chi connectivity index (χ0v) is 10.3. The van der Waals surface area contributed by atoms with Crippen LogP contribution in [-0.4, -0.2) is 27.4 Å². The molecule has 2 heterocycles. The van der Waals surface area contributed by atoms with Crippen LogP contribution >= 0.6 is 0 Å². The fourth-order valence-corrected chi connectivity index (χ4v) is 2.14. The Morgan fingerprint density at radius 1 is 1.37 bits per heavy atom. The number of para-hydroxylation sites is 1. The lowest BCUT2D eigenvalue weighted by Crippen LogP contribution is -2.35. The number of benzene rings is 1. The second kappa shape index (κ2) is 4.05. The molecule has 1 aliphatic rings. The molecule has 0 radical (unpaired) electrons. The van der Waals surface area contributed by atoms with Gasteiger partial charge in [0, 0.05) is 23.6 Å². The van der Waals surface area contributed by atoms with Crippen LogP contribution in [0, 0.1) is 0 Å². The maximum absolute atomic E-state index is 11.1. The number of aromatic nitrogens is 1. The number of carboxylic acids is 1. The van der Waals surface area contributed by atoms with E-state index in [1.54, 1.807) is 6.20 Å². The van der Waals surface area contributed by atoms with E-state index in [1.807, 2.05) is 30.3 Å². The first-order valence-corrected chi connectivity index (χ1v) is 5.93. The lowest BCUT2D eigenvalue weighted by molar-refractivity contribution is -0.160. The zero-order chi connectivity index (χ0) is 13.5. The molecule has 0 spiro atoms. The van der Waals surface area contributed by atoms with Crippen LogP contribution in [0.3, 0.4) is 0 Å². The summed E-state index contributed by atoms with van der Waals surface area (Å²) in [6.45, 7) is 1.52. The highest BCUT2D eigenvalue weighted by Gasteiger charge is 2.42. The van der Waals surface area contributed by atoms with Gasteiger partial charge in [-0.15, -0.1) is 0 Å². The Hall–Kier alpha value is -2.43. The largest absolute Gasteiger partial charge is 0.478 e. The molecule has 5 heteroatoms. The van der Waals surface area contributed by atoms with Crippen molar-refractivity contribution < 1.29 is 14.7 Å². The first kappa shape index (κ1) is 11.6. The second-order valence-corrected chi connectivity index (χ2v) is 4.72. The monoisotopic (exact) mass is 256 g/mol. The number of pyridine rings is 1. The fourth-order valence-electron chi connectivity index (χ4n) is 2.14. The molecule has 1 atom stereocenters. The van der Waals surface area contributed by atoms with Crippen molar-refractivity contribution >= 4 is 22.6 Å². The molecule has 1 aromatic heterocycles. The molecular weight excluding hydrogens is 244 g/mol. The first-order valence-electron chi connectivity index (χ1n) is 5.93. The van der Waals surface area contributed by atoms with E-state index in [-0.39, 0.29) is 6.42 Å².